The van der Waals surface area contributed by atoms with Crippen molar-refractivity contribution in [3.63, 3.8) is 0 Å². The average Bonchev–Trinajstić information content (AvgIpc) is 3.13. The zero-order chi connectivity index (χ0) is 23.0. The van der Waals surface area contributed by atoms with Crippen molar-refractivity contribution in [3.8, 4) is 5.75 Å². The van der Waals surface area contributed by atoms with Crippen LogP contribution in [-0.2, 0) is 21.2 Å². The van der Waals surface area contributed by atoms with Crippen molar-refractivity contribution in [1.29, 1.82) is 0 Å². The first-order valence-corrected chi connectivity index (χ1v) is 12.8. The maximum atomic E-state index is 13.4. The number of sulfonamides is 1. The summed E-state index contributed by atoms with van der Waals surface area (Å²) in [5.74, 6) is 0.511. The molecule has 1 saturated heterocycles. The number of nitrogens with zero attached hydrogens (tertiary/aromatic N) is 2. The number of amides is 1. The molecule has 2 aliphatic rings. The van der Waals surface area contributed by atoms with Crippen LogP contribution < -0.4 is 9.64 Å². The van der Waals surface area contributed by atoms with Gasteiger partial charge in [-0.1, -0.05) is 38.1 Å². The lowest BCUT2D eigenvalue weighted by atomic mass is 9.96. The van der Waals surface area contributed by atoms with E-state index in [0.29, 0.717) is 31.7 Å². The number of anilines is 1. The highest BCUT2D eigenvalue weighted by Gasteiger charge is 2.38. The summed E-state index contributed by atoms with van der Waals surface area (Å²) >= 11 is 0. The third-order valence-corrected chi connectivity index (χ3v) is 8.64. The van der Waals surface area contributed by atoms with Gasteiger partial charge in [-0.3, -0.25) is 4.79 Å². The van der Waals surface area contributed by atoms with Crippen LogP contribution >= 0.6 is 0 Å². The van der Waals surface area contributed by atoms with Gasteiger partial charge < -0.3 is 9.64 Å². The molecule has 2 aromatic rings. The van der Waals surface area contributed by atoms with Crippen LogP contribution in [0.1, 0.15) is 50.7 Å². The predicted octanol–water partition coefficient (Wildman–Crippen LogP) is 4.20. The molecular formula is C25H32N2O4S. The Hall–Kier alpha value is -2.38. The van der Waals surface area contributed by atoms with Crippen LogP contribution in [0.25, 0.3) is 0 Å². The lowest BCUT2D eigenvalue weighted by molar-refractivity contribution is -0.123. The molecule has 32 heavy (non-hydrogen) atoms. The Kier molecular flexibility index (Phi) is 6.32. The lowest BCUT2D eigenvalue weighted by Crippen LogP contribution is -2.46. The van der Waals surface area contributed by atoms with Gasteiger partial charge in [0.2, 0.25) is 15.9 Å². The van der Waals surface area contributed by atoms with Crippen molar-refractivity contribution >= 4 is 21.6 Å². The van der Waals surface area contributed by atoms with E-state index < -0.39 is 10.0 Å². The molecule has 0 N–H and O–H groups in total. The van der Waals surface area contributed by atoms with Crippen LogP contribution in [0.5, 0.6) is 5.75 Å². The van der Waals surface area contributed by atoms with E-state index >= 15 is 0 Å². The van der Waals surface area contributed by atoms with Crippen molar-refractivity contribution < 1.29 is 17.9 Å². The summed E-state index contributed by atoms with van der Waals surface area (Å²) in [7, 11) is -2.22. The van der Waals surface area contributed by atoms with Crippen molar-refractivity contribution in [2.24, 2.45) is 5.92 Å². The smallest absolute Gasteiger partial charge is 0.246 e. The van der Waals surface area contributed by atoms with Crippen LogP contribution in [0.3, 0.4) is 0 Å². The SMILES string of the molecule is COc1ccc(C(C)C)cc1S(=O)(=O)N1CCC(C(=O)N2c3ccccc3C[C@@H]2C)CC1. The monoisotopic (exact) mass is 456 g/mol. The van der Waals surface area contributed by atoms with Gasteiger partial charge in [0.25, 0.3) is 0 Å². The third-order valence-electron chi connectivity index (χ3n) is 6.72. The summed E-state index contributed by atoms with van der Waals surface area (Å²) in [6, 6.07) is 13.5. The first kappa shape index (κ1) is 22.8. The van der Waals surface area contributed by atoms with E-state index in [-0.39, 0.29) is 28.7 Å². The number of para-hydroxylation sites is 1. The standard InChI is InChI=1S/C25H32N2O4S/c1-17(2)20-9-10-23(31-4)24(16-20)32(29,30)26-13-11-19(12-14-26)25(28)27-18(3)15-21-7-5-6-8-22(21)27/h5-10,16-19H,11-15H2,1-4H3/t18-/m0/s1. The van der Waals surface area contributed by atoms with E-state index in [1.165, 1.54) is 17.0 Å². The number of benzene rings is 2. The van der Waals surface area contributed by atoms with Gasteiger partial charge in [0.15, 0.2) is 0 Å². The van der Waals surface area contributed by atoms with Crippen molar-refractivity contribution in [2.45, 2.75) is 56.9 Å². The average molecular weight is 457 g/mol. The zero-order valence-electron chi connectivity index (χ0n) is 19.2. The van der Waals surface area contributed by atoms with Gasteiger partial charge in [0, 0.05) is 30.7 Å². The molecule has 0 spiro atoms. The van der Waals surface area contributed by atoms with Crippen molar-refractivity contribution in [3.05, 3.63) is 53.6 Å². The maximum absolute atomic E-state index is 13.4. The molecule has 2 heterocycles. The number of rotatable bonds is 5. The molecule has 2 aliphatic heterocycles. The quantitative estimate of drug-likeness (QED) is 0.676. The molecule has 1 atom stereocenters. The molecule has 0 aliphatic carbocycles. The highest BCUT2D eigenvalue weighted by atomic mass is 32.2. The number of methoxy groups -OCH3 is 1. The molecule has 0 aromatic heterocycles. The van der Waals surface area contributed by atoms with Crippen LogP contribution in [0, 0.1) is 5.92 Å². The molecule has 0 bridgehead atoms. The molecular weight excluding hydrogens is 424 g/mol. The predicted molar refractivity (Wildman–Crippen MR) is 126 cm³/mol. The van der Waals surface area contributed by atoms with Gasteiger partial charge >= 0.3 is 0 Å². The number of carbonyl (C=O) groups is 1. The summed E-state index contributed by atoms with van der Waals surface area (Å²) in [4.78, 5) is 15.5. The second-order valence-corrected chi connectivity index (χ2v) is 11.0. The fourth-order valence-corrected chi connectivity index (χ4v) is 6.49. The zero-order valence-corrected chi connectivity index (χ0v) is 20.1. The Labute approximate surface area is 191 Å². The fourth-order valence-electron chi connectivity index (χ4n) is 4.83. The number of piperidine rings is 1. The molecule has 6 nitrogen and oxygen atoms in total. The lowest BCUT2D eigenvalue weighted by Gasteiger charge is -2.34. The molecule has 0 radical (unpaired) electrons. The molecule has 2 aromatic carbocycles. The first-order chi connectivity index (χ1) is 15.2. The molecule has 172 valence electrons. The van der Waals surface area contributed by atoms with Gasteiger partial charge in [-0.2, -0.15) is 4.31 Å². The van der Waals surface area contributed by atoms with E-state index in [1.54, 1.807) is 12.1 Å². The minimum absolute atomic E-state index is 0.110. The Morgan fingerprint density at radius 2 is 1.78 bits per heavy atom. The largest absolute Gasteiger partial charge is 0.495 e. The summed E-state index contributed by atoms with van der Waals surface area (Å²) in [5, 5.41) is 0. The Morgan fingerprint density at radius 3 is 2.44 bits per heavy atom. The van der Waals surface area contributed by atoms with Crippen LogP contribution in [0.4, 0.5) is 5.69 Å². The topological polar surface area (TPSA) is 66.9 Å². The Morgan fingerprint density at radius 1 is 1.09 bits per heavy atom. The molecule has 1 fully saturated rings. The summed E-state index contributed by atoms with van der Waals surface area (Å²) in [6.45, 7) is 6.81. The highest BCUT2D eigenvalue weighted by Crippen LogP contribution is 2.36. The Balaban J connectivity index is 1.50. The third kappa shape index (κ3) is 4.04. The van der Waals surface area contributed by atoms with E-state index in [4.69, 9.17) is 4.74 Å². The van der Waals surface area contributed by atoms with Gasteiger partial charge in [0.1, 0.15) is 10.6 Å². The number of fused-ring (bicyclic) bond motifs is 1. The number of ether oxygens (including phenoxy) is 1. The second-order valence-electron chi connectivity index (χ2n) is 9.13. The maximum Gasteiger partial charge on any atom is 0.246 e. The first-order valence-electron chi connectivity index (χ1n) is 11.3. The number of hydrogen-bond acceptors (Lipinski definition) is 4. The summed E-state index contributed by atoms with van der Waals surface area (Å²) < 4.78 is 33.7. The van der Waals surface area contributed by atoms with Crippen LogP contribution in [0.15, 0.2) is 47.4 Å². The van der Waals surface area contributed by atoms with Gasteiger partial charge in [0.05, 0.1) is 7.11 Å². The molecule has 4 rings (SSSR count). The number of hydrogen-bond donors (Lipinski definition) is 0. The van der Waals surface area contributed by atoms with Crippen molar-refractivity contribution in [1.82, 2.24) is 4.31 Å². The molecule has 0 saturated carbocycles. The van der Waals surface area contributed by atoms with Gasteiger partial charge in [-0.05, 0) is 61.4 Å². The second kappa shape index (κ2) is 8.87. The normalized spacial score (nSPS) is 19.9. The Bertz CT molecular complexity index is 1100. The number of carbonyl (C=O) groups excluding carboxylic acids is 1. The van der Waals surface area contributed by atoms with Gasteiger partial charge in [-0.25, -0.2) is 8.42 Å². The van der Waals surface area contributed by atoms with Crippen LogP contribution in [0.2, 0.25) is 0 Å². The molecule has 0 unspecified atom stereocenters. The van der Waals surface area contributed by atoms with Crippen LogP contribution in [-0.4, -0.2) is 44.9 Å². The van der Waals surface area contributed by atoms with Crippen molar-refractivity contribution in [2.75, 3.05) is 25.1 Å². The van der Waals surface area contributed by atoms with Gasteiger partial charge in [-0.15, -0.1) is 0 Å². The highest BCUT2D eigenvalue weighted by molar-refractivity contribution is 7.89. The molecule has 7 heteroatoms. The van der Waals surface area contributed by atoms with E-state index in [2.05, 4.69) is 13.0 Å². The fraction of sp³-hybridized carbons (Fsp3) is 0.480. The van der Waals surface area contributed by atoms with E-state index in [1.807, 2.05) is 43.0 Å². The minimum atomic E-state index is -3.70. The summed E-state index contributed by atoms with van der Waals surface area (Å²) in [5.41, 5.74) is 3.15. The molecule has 1 amide bonds. The van der Waals surface area contributed by atoms with E-state index in [0.717, 1.165) is 17.7 Å². The van der Waals surface area contributed by atoms with E-state index in [9.17, 15) is 13.2 Å². The summed E-state index contributed by atoms with van der Waals surface area (Å²) in [6.07, 6.45) is 1.91. The minimum Gasteiger partial charge on any atom is -0.495 e.